The lowest BCUT2D eigenvalue weighted by atomic mass is 10.1. The maximum absolute atomic E-state index is 3.90. The molecule has 1 aromatic carbocycles. The van der Waals surface area contributed by atoms with E-state index in [0.29, 0.717) is 6.04 Å². The normalized spacial score (nSPS) is 28.8. The van der Waals surface area contributed by atoms with Crippen LogP contribution in [0.5, 0.6) is 0 Å². The monoisotopic (exact) mass is 242 g/mol. The molecule has 0 amide bonds. The summed E-state index contributed by atoms with van der Waals surface area (Å²) in [6, 6.07) is 11.3. The molecule has 0 spiro atoms. The molecule has 3 aliphatic rings. The Morgan fingerprint density at radius 1 is 0.944 bits per heavy atom. The van der Waals surface area contributed by atoms with Gasteiger partial charge in [0.05, 0.1) is 0 Å². The fraction of sp³-hybridized carbons (Fsp3) is 0.625. The van der Waals surface area contributed by atoms with Crippen LogP contribution in [0, 0.1) is 0 Å². The molecule has 4 rings (SSSR count). The van der Waals surface area contributed by atoms with Crippen LogP contribution in [0.3, 0.4) is 0 Å². The number of likely N-dealkylation sites (tertiary alicyclic amines) is 1. The van der Waals surface area contributed by atoms with Gasteiger partial charge < -0.3 is 5.32 Å². The van der Waals surface area contributed by atoms with Crippen LogP contribution in [-0.2, 0) is 12.8 Å². The van der Waals surface area contributed by atoms with Gasteiger partial charge in [-0.2, -0.15) is 0 Å². The van der Waals surface area contributed by atoms with E-state index in [1.807, 2.05) is 0 Å². The molecule has 1 atom stereocenters. The first-order chi connectivity index (χ1) is 8.88. The Balaban J connectivity index is 1.34. The second-order valence-corrected chi connectivity index (χ2v) is 6.25. The predicted molar refractivity (Wildman–Crippen MR) is 73.8 cm³/mol. The van der Waals surface area contributed by atoms with Gasteiger partial charge in [0, 0.05) is 31.2 Å². The molecule has 1 saturated heterocycles. The number of benzene rings is 1. The van der Waals surface area contributed by atoms with Gasteiger partial charge in [-0.25, -0.2) is 0 Å². The van der Waals surface area contributed by atoms with Crippen LogP contribution in [-0.4, -0.2) is 36.1 Å². The molecule has 1 heterocycles. The fourth-order valence-corrected chi connectivity index (χ4v) is 3.70. The highest BCUT2D eigenvalue weighted by Crippen LogP contribution is 2.30. The van der Waals surface area contributed by atoms with Gasteiger partial charge in [0.1, 0.15) is 0 Å². The van der Waals surface area contributed by atoms with E-state index in [-0.39, 0.29) is 0 Å². The highest BCUT2D eigenvalue weighted by Gasteiger charge is 2.35. The molecule has 0 aromatic heterocycles. The van der Waals surface area contributed by atoms with Crippen molar-refractivity contribution in [1.82, 2.24) is 10.2 Å². The third-order valence-electron chi connectivity index (χ3n) is 4.81. The van der Waals surface area contributed by atoms with Gasteiger partial charge in [-0.1, -0.05) is 24.3 Å². The van der Waals surface area contributed by atoms with Gasteiger partial charge in [-0.3, -0.25) is 4.90 Å². The summed E-state index contributed by atoms with van der Waals surface area (Å²) in [6.07, 6.45) is 6.71. The number of fused-ring (bicyclic) bond motifs is 1. The van der Waals surface area contributed by atoms with E-state index in [1.54, 1.807) is 11.1 Å². The number of hydrogen-bond donors (Lipinski definition) is 1. The Kier molecular flexibility index (Phi) is 2.66. The van der Waals surface area contributed by atoms with Crippen LogP contribution in [0.15, 0.2) is 24.3 Å². The number of rotatable bonds is 3. The summed E-state index contributed by atoms with van der Waals surface area (Å²) < 4.78 is 0. The second kappa shape index (κ2) is 4.36. The van der Waals surface area contributed by atoms with E-state index in [0.717, 1.165) is 12.1 Å². The van der Waals surface area contributed by atoms with Crippen LogP contribution >= 0.6 is 0 Å². The molecule has 2 nitrogen and oxygen atoms in total. The van der Waals surface area contributed by atoms with Crippen molar-refractivity contribution >= 4 is 0 Å². The van der Waals surface area contributed by atoms with Crippen LogP contribution in [0.2, 0.25) is 0 Å². The molecular weight excluding hydrogens is 220 g/mol. The van der Waals surface area contributed by atoms with Crippen molar-refractivity contribution in [3.8, 4) is 0 Å². The molecular formula is C16H22N2. The van der Waals surface area contributed by atoms with Crippen molar-refractivity contribution in [1.29, 1.82) is 0 Å². The molecule has 1 N–H and O–H groups in total. The first-order valence-electron chi connectivity index (χ1n) is 7.45. The van der Waals surface area contributed by atoms with Gasteiger partial charge in [-0.05, 0) is 43.2 Å². The smallest absolute Gasteiger partial charge is 0.0210 e. The molecule has 1 aromatic rings. The molecule has 1 aliphatic heterocycles. The number of nitrogens with zero attached hydrogens (tertiary/aromatic N) is 1. The Bertz CT molecular complexity index is 413. The highest BCUT2D eigenvalue weighted by molar-refractivity contribution is 5.33. The summed E-state index contributed by atoms with van der Waals surface area (Å²) in [6.45, 7) is 2.61. The molecule has 1 unspecified atom stereocenters. The molecule has 2 fully saturated rings. The van der Waals surface area contributed by atoms with E-state index >= 15 is 0 Å². The summed E-state index contributed by atoms with van der Waals surface area (Å²) in [5.41, 5.74) is 3.12. The van der Waals surface area contributed by atoms with Crippen molar-refractivity contribution in [3.63, 3.8) is 0 Å². The summed E-state index contributed by atoms with van der Waals surface area (Å²) in [4.78, 5) is 2.69. The third kappa shape index (κ3) is 2.08. The Hall–Kier alpha value is -0.860. The van der Waals surface area contributed by atoms with Crippen LogP contribution < -0.4 is 5.32 Å². The van der Waals surface area contributed by atoms with E-state index in [1.165, 1.54) is 45.2 Å². The standard InChI is InChI=1S/C16H22N2/c1-2-4-13-10-15(9-12(13)3-1)17-14-7-8-18(11-14)16-5-6-16/h1-4,14-17H,5-11H2. The van der Waals surface area contributed by atoms with Crippen LogP contribution in [0.4, 0.5) is 0 Å². The maximum atomic E-state index is 3.90. The quantitative estimate of drug-likeness (QED) is 0.872. The average molecular weight is 242 g/mol. The molecule has 2 aliphatic carbocycles. The Labute approximate surface area is 109 Å². The van der Waals surface area contributed by atoms with Gasteiger partial charge in [0.15, 0.2) is 0 Å². The fourth-order valence-electron chi connectivity index (χ4n) is 3.70. The zero-order valence-corrected chi connectivity index (χ0v) is 10.9. The largest absolute Gasteiger partial charge is 0.309 e. The third-order valence-corrected chi connectivity index (χ3v) is 4.81. The minimum atomic E-state index is 0.687. The summed E-state index contributed by atoms with van der Waals surface area (Å²) in [7, 11) is 0. The molecule has 2 heteroatoms. The van der Waals surface area contributed by atoms with Crippen molar-refractivity contribution in [2.45, 2.75) is 50.2 Å². The maximum Gasteiger partial charge on any atom is 0.0210 e. The summed E-state index contributed by atoms with van der Waals surface area (Å²) in [5, 5.41) is 3.90. The molecule has 0 radical (unpaired) electrons. The van der Waals surface area contributed by atoms with Crippen molar-refractivity contribution < 1.29 is 0 Å². The van der Waals surface area contributed by atoms with Crippen molar-refractivity contribution in [2.75, 3.05) is 13.1 Å². The first kappa shape index (κ1) is 11.0. The molecule has 1 saturated carbocycles. The number of nitrogens with one attached hydrogen (secondary N) is 1. The molecule has 18 heavy (non-hydrogen) atoms. The minimum absolute atomic E-state index is 0.687. The SMILES string of the molecule is c1ccc2c(c1)CC(NC1CCN(C3CC3)C1)C2. The zero-order valence-electron chi connectivity index (χ0n) is 10.9. The van der Waals surface area contributed by atoms with Gasteiger partial charge in [0.25, 0.3) is 0 Å². The minimum Gasteiger partial charge on any atom is -0.309 e. The van der Waals surface area contributed by atoms with E-state index in [9.17, 15) is 0 Å². The summed E-state index contributed by atoms with van der Waals surface area (Å²) >= 11 is 0. The Morgan fingerprint density at radius 2 is 1.67 bits per heavy atom. The van der Waals surface area contributed by atoms with Gasteiger partial charge >= 0.3 is 0 Å². The lowest BCUT2D eigenvalue weighted by Gasteiger charge is -2.19. The topological polar surface area (TPSA) is 15.3 Å². The van der Waals surface area contributed by atoms with E-state index in [2.05, 4.69) is 34.5 Å². The lowest BCUT2D eigenvalue weighted by Crippen LogP contribution is -2.40. The Morgan fingerprint density at radius 3 is 2.33 bits per heavy atom. The van der Waals surface area contributed by atoms with Crippen molar-refractivity contribution in [2.24, 2.45) is 0 Å². The zero-order chi connectivity index (χ0) is 11.9. The van der Waals surface area contributed by atoms with Crippen LogP contribution in [0.25, 0.3) is 0 Å². The van der Waals surface area contributed by atoms with E-state index < -0.39 is 0 Å². The predicted octanol–water partition coefficient (Wildman–Crippen LogP) is 1.98. The summed E-state index contributed by atoms with van der Waals surface area (Å²) in [5.74, 6) is 0. The second-order valence-electron chi connectivity index (χ2n) is 6.25. The average Bonchev–Trinajstić information content (AvgIpc) is 2.99. The van der Waals surface area contributed by atoms with Gasteiger partial charge in [0.2, 0.25) is 0 Å². The molecule has 96 valence electrons. The first-order valence-corrected chi connectivity index (χ1v) is 7.45. The molecule has 0 bridgehead atoms. The van der Waals surface area contributed by atoms with Crippen LogP contribution in [0.1, 0.15) is 30.4 Å². The van der Waals surface area contributed by atoms with Crippen molar-refractivity contribution in [3.05, 3.63) is 35.4 Å². The number of hydrogen-bond acceptors (Lipinski definition) is 2. The lowest BCUT2D eigenvalue weighted by molar-refractivity contribution is 0.312. The highest BCUT2D eigenvalue weighted by atomic mass is 15.2. The van der Waals surface area contributed by atoms with E-state index in [4.69, 9.17) is 0 Å². The van der Waals surface area contributed by atoms with Gasteiger partial charge in [-0.15, -0.1) is 0 Å².